The topological polar surface area (TPSA) is 58.8 Å². The van der Waals surface area contributed by atoms with Crippen molar-refractivity contribution in [1.29, 1.82) is 0 Å². The molecule has 2 N–H and O–H groups in total. The molecule has 2 aliphatic heterocycles. The van der Waals surface area contributed by atoms with Crippen LogP contribution in [0.4, 0.5) is 0 Å². The number of likely N-dealkylation sites (tertiary alicyclic amines) is 1. The van der Waals surface area contributed by atoms with Crippen LogP contribution in [-0.4, -0.2) is 66.7 Å². The van der Waals surface area contributed by atoms with Crippen LogP contribution in [0.25, 0.3) is 0 Å². The number of amides is 1. The molecular weight excluding hydrogens is 290 g/mol. The lowest BCUT2D eigenvalue weighted by Crippen LogP contribution is -2.51. The summed E-state index contributed by atoms with van der Waals surface area (Å²) in [6, 6.07) is 0.350. The van der Waals surface area contributed by atoms with Gasteiger partial charge in [-0.2, -0.15) is 0 Å². The second kappa shape index (κ2) is 6.82. The van der Waals surface area contributed by atoms with E-state index in [1.807, 2.05) is 18.7 Å². The average molecular weight is 318 g/mol. The highest BCUT2D eigenvalue weighted by Crippen LogP contribution is 2.36. The van der Waals surface area contributed by atoms with Crippen molar-refractivity contribution in [3.63, 3.8) is 0 Å². The Labute approximate surface area is 133 Å². The number of hydrogen-bond acceptors (Lipinski definition) is 4. The number of halogens is 1. The summed E-state index contributed by atoms with van der Waals surface area (Å²) in [5, 5.41) is 0. The Kier molecular flexibility index (Phi) is 5.52. The van der Waals surface area contributed by atoms with Crippen LogP contribution >= 0.6 is 12.4 Å². The molecule has 0 aromatic carbocycles. The van der Waals surface area contributed by atoms with Crippen molar-refractivity contribution in [2.24, 2.45) is 17.6 Å². The van der Waals surface area contributed by atoms with Gasteiger partial charge in [-0.15, -0.1) is 12.4 Å². The second-order valence-corrected chi connectivity index (χ2v) is 6.92. The highest BCUT2D eigenvalue weighted by molar-refractivity contribution is 5.85. The molecule has 0 aromatic heterocycles. The first-order chi connectivity index (χ1) is 9.52. The number of carbonyl (C=O) groups is 1. The maximum absolute atomic E-state index is 12.4. The van der Waals surface area contributed by atoms with Crippen LogP contribution in [0.3, 0.4) is 0 Å². The second-order valence-electron chi connectivity index (χ2n) is 6.92. The molecule has 3 aliphatic rings. The van der Waals surface area contributed by atoms with Gasteiger partial charge in [0.2, 0.25) is 5.91 Å². The largest absolute Gasteiger partial charge is 0.372 e. The van der Waals surface area contributed by atoms with E-state index in [0.717, 1.165) is 38.5 Å². The molecule has 1 aliphatic carbocycles. The van der Waals surface area contributed by atoms with Crippen molar-refractivity contribution in [2.75, 3.05) is 32.7 Å². The predicted octanol–water partition coefficient (Wildman–Crippen LogP) is 0.713. The Balaban J connectivity index is 0.00000161. The molecule has 2 saturated heterocycles. The van der Waals surface area contributed by atoms with Gasteiger partial charge in [-0.25, -0.2) is 0 Å². The van der Waals surface area contributed by atoms with Gasteiger partial charge >= 0.3 is 0 Å². The molecule has 3 rings (SSSR count). The van der Waals surface area contributed by atoms with Gasteiger partial charge in [0.15, 0.2) is 0 Å². The smallest absolute Gasteiger partial charge is 0.236 e. The fourth-order valence-corrected chi connectivity index (χ4v) is 4.20. The van der Waals surface area contributed by atoms with E-state index < -0.39 is 0 Å². The summed E-state index contributed by atoms with van der Waals surface area (Å²) in [6.45, 7) is 8.14. The van der Waals surface area contributed by atoms with E-state index in [4.69, 9.17) is 10.5 Å². The monoisotopic (exact) mass is 317 g/mol. The van der Waals surface area contributed by atoms with Gasteiger partial charge in [-0.3, -0.25) is 9.69 Å². The summed E-state index contributed by atoms with van der Waals surface area (Å²) in [5.41, 5.74) is 6.15. The fourth-order valence-electron chi connectivity index (χ4n) is 4.20. The van der Waals surface area contributed by atoms with Crippen molar-refractivity contribution in [2.45, 2.75) is 44.9 Å². The molecule has 0 aromatic rings. The molecule has 21 heavy (non-hydrogen) atoms. The van der Waals surface area contributed by atoms with Crippen LogP contribution in [0.1, 0.15) is 26.7 Å². The van der Waals surface area contributed by atoms with Gasteiger partial charge < -0.3 is 15.4 Å². The molecule has 1 amide bonds. The maximum atomic E-state index is 12.4. The summed E-state index contributed by atoms with van der Waals surface area (Å²) < 4.78 is 5.69. The predicted molar refractivity (Wildman–Crippen MR) is 84.5 cm³/mol. The van der Waals surface area contributed by atoms with Crippen molar-refractivity contribution < 1.29 is 9.53 Å². The van der Waals surface area contributed by atoms with Crippen molar-refractivity contribution in [3.05, 3.63) is 0 Å². The minimum Gasteiger partial charge on any atom is -0.372 e. The standard InChI is InChI=1S/C15H27N3O2.ClH/c1-10-5-18(6-11(2)20-10)15(19)9-17-7-12-3-4-14(16)13(12)8-17;/h10-14H,3-9,16H2,1-2H3;1H. The van der Waals surface area contributed by atoms with Crippen molar-refractivity contribution in [3.8, 4) is 0 Å². The van der Waals surface area contributed by atoms with Crippen LogP contribution in [0.15, 0.2) is 0 Å². The highest BCUT2D eigenvalue weighted by Gasteiger charge is 2.41. The van der Waals surface area contributed by atoms with E-state index >= 15 is 0 Å². The maximum Gasteiger partial charge on any atom is 0.236 e. The number of nitrogens with two attached hydrogens (primary N) is 1. The van der Waals surface area contributed by atoms with Crippen LogP contribution in [0, 0.1) is 11.8 Å². The number of hydrogen-bond donors (Lipinski definition) is 1. The third-order valence-corrected chi connectivity index (χ3v) is 5.12. The molecule has 122 valence electrons. The van der Waals surface area contributed by atoms with E-state index in [2.05, 4.69) is 4.90 Å². The van der Waals surface area contributed by atoms with Gasteiger partial charge in [0.05, 0.1) is 18.8 Å². The summed E-state index contributed by atoms with van der Waals surface area (Å²) in [5.74, 6) is 1.59. The third kappa shape index (κ3) is 3.70. The van der Waals surface area contributed by atoms with Crippen LogP contribution in [0.2, 0.25) is 0 Å². The normalized spacial score (nSPS) is 40.0. The summed E-state index contributed by atoms with van der Waals surface area (Å²) >= 11 is 0. The minimum absolute atomic E-state index is 0. The van der Waals surface area contributed by atoms with Gasteiger partial charge in [-0.05, 0) is 38.5 Å². The van der Waals surface area contributed by atoms with E-state index in [-0.39, 0.29) is 30.5 Å². The van der Waals surface area contributed by atoms with E-state index in [0.29, 0.717) is 18.5 Å². The molecule has 5 nitrogen and oxygen atoms in total. The summed E-state index contributed by atoms with van der Waals surface area (Å²) in [6.07, 6.45) is 2.70. The Morgan fingerprint density at radius 2 is 1.81 bits per heavy atom. The number of carbonyl (C=O) groups excluding carboxylic acids is 1. The first kappa shape index (κ1) is 17.0. The number of nitrogens with zero attached hydrogens (tertiary/aromatic N) is 2. The molecule has 5 unspecified atom stereocenters. The molecule has 5 atom stereocenters. The van der Waals surface area contributed by atoms with E-state index in [9.17, 15) is 4.79 Å². The van der Waals surface area contributed by atoms with Crippen molar-refractivity contribution in [1.82, 2.24) is 9.80 Å². The minimum atomic E-state index is 0. The average Bonchev–Trinajstić information content (AvgIpc) is 2.91. The van der Waals surface area contributed by atoms with Crippen molar-refractivity contribution >= 4 is 18.3 Å². The molecule has 2 heterocycles. The zero-order valence-corrected chi connectivity index (χ0v) is 13.8. The third-order valence-electron chi connectivity index (χ3n) is 5.12. The number of ether oxygens (including phenoxy) is 1. The molecule has 0 radical (unpaired) electrons. The number of fused-ring (bicyclic) bond motifs is 1. The first-order valence-corrected chi connectivity index (χ1v) is 7.94. The molecule has 1 saturated carbocycles. The lowest BCUT2D eigenvalue weighted by atomic mass is 9.98. The molecule has 0 spiro atoms. The van der Waals surface area contributed by atoms with Crippen LogP contribution in [0.5, 0.6) is 0 Å². The van der Waals surface area contributed by atoms with Gasteiger partial charge in [0.25, 0.3) is 0 Å². The summed E-state index contributed by atoms with van der Waals surface area (Å²) in [7, 11) is 0. The first-order valence-electron chi connectivity index (χ1n) is 7.94. The Morgan fingerprint density at radius 3 is 2.43 bits per heavy atom. The fraction of sp³-hybridized carbons (Fsp3) is 0.933. The lowest BCUT2D eigenvalue weighted by molar-refractivity contribution is -0.144. The van der Waals surface area contributed by atoms with Gasteiger partial charge in [0.1, 0.15) is 0 Å². The number of morpholine rings is 1. The molecule has 6 heteroatoms. The van der Waals surface area contributed by atoms with Crippen LogP contribution < -0.4 is 5.73 Å². The molecular formula is C15H28ClN3O2. The molecule has 0 bridgehead atoms. The van der Waals surface area contributed by atoms with Gasteiger partial charge in [-0.1, -0.05) is 0 Å². The molecule has 3 fully saturated rings. The van der Waals surface area contributed by atoms with Gasteiger partial charge in [0, 0.05) is 32.2 Å². The zero-order valence-electron chi connectivity index (χ0n) is 13.0. The van der Waals surface area contributed by atoms with E-state index in [1.54, 1.807) is 0 Å². The Bertz CT molecular complexity index is 372. The quantitative estimate of drug-likeness (QED) is 0.815. The van der Waals surface area contributed by atoms with E-state index in [1.165, 1.54) is 6.42 Å². The summed E-state index contributed by atoms with van der Waals surface area (Å²) in [4.78, 5) is 16.7. The zero-order chi connectivity index (χ0) is 14.3. The van der Waals surface area contributed by atoms with Crippen LogP contribution in [-0.2, 0) is 9.53 Å². The number of rotatable bonds is 2. The Hall–Kier alpha value is -0.360. The lowest BCUT2D eigenvalue weighted by Gasteiger charge is -2.36. The SMILES string of the molecule is CC1CN(C(=O)CN2CC3CCC(N)C3C2)CC(C)O1.Cl. The Morgan fingerprint density at radius 1 is 1.14 bits per heavy atom. The highest BCUT2D eigenvalue weighted by atomic mass is 35.5.